The van der Waals surface area contributed by atoms with Crippen LogP contribution in [0.5, 0.6) is 5.75 Å². The summed E-state index contributed by atoms with van der Waals surface area (Å²) < 4.78 is 40.3. The number of amides is 1. The molecule has 0 spiro atoms. The van der Waals surface area contributed by atoms with E-state index in [-0.39, 0.29) is 18.1 Å². The fourth-order valence-electron chi connectivity index (χ4n) is 2.28. The number of hydrogen-bond donors (Lipinski definition) is 2. The summed E-state index contributed by atoms with van der Waals surface area (Å²) >= 11 is 0. The third-order valence-corrected chi connectivity index (χ3v) is 3.58. The lowest BCUT2D eigenvalue weighted by molar-refractivity contribution is -0.274. The Morgan fingerprint density at radius 2 is 1.56 bits per heavy atom. The van der Waals surface area contributed by atoms with Crippen molar-refractivity contribution in [2.24, 2.45) is 0 Å². The number of rotatable bonds is 8. The number of hydrogen-bond acceptors (Lipinski definition) is 4. The van der Waals surface area contributed by atoms with Crippen LogP contribution in [0.1, 0.15) is 5.56 Å². The molecule has 0 aliphatic heterocycles. The van der Waals surface area contributed by atoms with Crippen LogP contribution in [0.3, 0.4) is 0 Å². The molecule has 0 radical (unpaired) electrons. The third kappa shape index (κ3) is 8.00. The molecule has 8 heteroatoms. The zero-order chi connectivity index (χ0) is 19.9. The molecule has 0 saturated heterocycles. The molecule has 2 aromatic carbocycles. The Morgan fingerprint density at radius 1 is 1.00 bits per heavy atom. The summed E-state index contributed by atoms with van der Waals surface area (Å²) in [5.41, 5.74) is 2.26. The van der Waals surface area contributed by atoms with E-state index in [9.17, 15) is 18.0 Å². The third-order valence-electron chi connectivity index (χ3n) is 3.58. The van der Waals surface area contributed by atoms with Crippen molar-refractivity contribution in [3.8, 4) is 5.75 Å². The molecule has 0 bridgehead atoms. The van der Waals surface area contributed by atoms with Gasteiger partial charge in [-0.1, -0.05) is 12.1 Å². The summed E-state index contributed by atoms with van der Waals surface area (Å²) in [4.78, 5) is 13.9. The Hall–Kier alpha value is -2.74. The van der Waals surface area contributed by atoms with Gasteiger partial charge in [-0.05, 0) is 56.1 Å². The number of halogens is 3. The molecular weight excluding hydrogens is 359 g/mol. The van der Waals surface area contributed by atoms with Gasteiger partial charge in [0.15, 0.2) is 0 Å². The van der Waals surface area contributed by atoms with Crippen LogP contribution in [-0.2, 0) is 11.2 Å². The first-order chi connectivity index (χ1) is 12.7. The number of carbonyl (C=O) groups excluding carboxylic acids is 1. The lowest BCUT2D eigenvalue weighted by Crippen LogP contribution is -2.32. The van der Waals surface area contributed by atoms with Crippen molar-refractivity contribution >= 4 is 17.3 Å². The molecule has 1 amide bonds. The highest BCUT2D eigenvalue weighted by Crippen LogP contribution is 2.25. The quantitative estimate of drug-likeness (QED) is 0.734. The van der Waals surface area contributed by atoms with Crippen LogP contribution >= 0.6 is 0 Å². The van der Waals surface area contributed by atoms with E-state index in [0.717, 1.165) is 17.8 Å². The van der Waals surface area contributed by atoms with Crippen molar-refractivity contribution in [3.05, 3.63) is 54.1 Å². The van der Waals surface area contributed by atoms with Gasteiger partial charge in [-0.3, -0.25) is 4.79 Å². The Balaban J connectivity index is 1.85. The molecule has 0 atom stereocenters. The first kappa shape index (κ1) is 20.6. The van der Waals surface area contributed by atoms with Crippen LogP contribution in [0.25, 0.3) is 0 Å². The van der Waals surface area contributed by atoms with Crippen molar-refractivity contribution in [2.45, 2.75) is 12.8 Å². The van der Waals surface area contributed by atoms with Crippen molar-refractivity contribution in [3.63, 3.8) is 0 Å². The fraction of sp³-hybridized carbons (Fsp3) is 0.316. The monoisotopic (exact) mass is 381 g/mol. The van der Waals surface area contributed by atoms with Gasteiger partial charge in [-0.2, -0.15) is 0 Å². The van der Waals surface area contributed by atoms with Crippen molar-refractivity contribution in [1.29, 1.82) is 0 Å². The molecule has 2 aromatic rings. The molecule has 0 aliphatic carbocycles. The second-order valence-corrected chi connectivity index (χ2v) is 6.22. The SMILES string of the molecule is CN(C)CCNC(=O)Cc1ccc(Nc2ccc(OC(F)(F)F)cc2)cc1. The van der Waals surface area contributed by atoms with Crippen molar-refractivity contribution in [1.82, 2.24) is 10.2 Å². The molecule has 2 N–H and O–H groups in total. The van der Waals surface area contributed by atoms with Gasteiger partial charge >= 0.3 is 6.36 Å². The maximum Gasteiger partial charge on any atom is 0.573 e. The van der Waals surface area contributed by atoms with Gasteiger partial charge in [-0.15, -0.1) is 13.2 Å². The van der Waals surface area contributed by atoms with Gasteiger partial charge in [0.05, 0.1) is 6.42 Å². The fourth-order valence-corrected chi connectivity index (χ4v) is 2.28. The normalized spacial score (nSPS) is 11.3. The van der Waals surface area contributed by atoms with Crippen LogP contribution in [0.15, 0.2) is 48.5 Å². The first-order valence-corrected chi connectivity index (χ1v) is 8.34. The second kappa shape index (κ2) is 9.27. The number of nitrogens with zero attached hydrogens (tertiary/aromatic N) is 1. The molecule has 0 heterocycles. The van der Waals surface area contributed by atoms with E-state index in [1.54, 1.807) is 0 Å². The molecule has 5 nitrogen and oxygen atoms in total. The largest absolute Gasteiger partial charge is 0.573 e. The number of likely N-dealkylation sites (N-methyl/N-ethyl adjacent to an activating group) is 1. The number of alkyl halides is 3. The van der Waals surface area contributed by atoms with Crippen LogP contribution in [-0.4, -0.2) is 44.4 Å². The average Bonchev–Trinajstić information content (AvgIpc) is 2.57. The number of anilines is 2. The predicted molar refractivity (Wildman–Crippen MR) is 98.1 cm³/mol. The van der Waals surface area contributed by atoms with Gasteiger partial charge in [-0.25, -0.2) is 0 Å². The average molecular weight is 381 g/mol. The van der Waals surface area contributed by atoms with E-state index in [1.165, 1.54) is 24.3 Å². The summed E-state index contributed by atoms with van der Waals surface area (Å²) in [6, 6.07) is 12.7. The van der Waals surface area contributed by atoms with Crippen molar-refractivity contribution in [2.75, 3.05) is 32.5 Å². The van der Waals surface area contributed by atoms with E-state index in [0.29, 0.717) is 12.2 Å². The van der Waals surface area contributed by atoms with Crippen molar-refractivity contribution < 1.29 is 22.7 Å². The Bertz CT molecular complexity index is 729. The highest BCUT2D eigenvalue weighted by Gasteiger charge is 2.30. The summed E-state index contributed by atoms with van der Waals surface area (Å²) in [6.45, 7) is 1.38. The van der Waals surface area contributed by atoms with E-state index in [4.69, 9.17) is 0 Å². The molecule has 0 saturated carbocycles. The molecule has 0 aliphatic rings. The minimum atomic E-state index is -4.70. The molecule has 146 valence electrons. The molecular formula is C19H22F3N3O2. The maximum absolute atomic E-state index is 12.2. The second-order valence-electron chi connectivity index (χ2n) is 6.22. The van der Waals surface area contributed by atoms with Gasteiger partial charge in [0.1, 0.15) is 5.75 Å². The highest BCUT2D eigenvalue weighted by atomic mass is 19.4. The lowest BCUT2D eigenvalue weighted by Gasteiger charge is -2.11. The number of nitrogens with one attached hydrogen (secondary N) is 2. The van der Waals surface area contributed by atoms with Crippen LogP contribution in [0.4, 0.5) is 24.5 Å². The number of benzene rings is 2. The summed E-state index contributed by atoms with van der Waals surface area (Å²) in [7, 11) is 3.88. The Kier molecular flexibility index (Phi) is 7.06. The zero-order valence-electron chi connectivity index (χ0n) is 15.1. The topological polar surface area (TPSA) is 53.6 Å². The summed E-state index contributed by atoms with van der Waals surface area (Å²) in [5, 5.41) is 5.93. The molecule has 0 fully saturated rings. The Labute approximate surface area is 156 Å². The number of carbonyl (C=O) groups is 1. The van der Waals surface area contributed by atoms with Gasteiger partial charge < -0.3 is 20.3 Å². The van der Waals surface area contributed by atoms with Gasteiger partial charge in [0, 0.05) is 24.5 Å². The van der Waals surface area contributed by atoms with Gasteiger partial charge in [0.25, 0.3) is 0 Å². The predicted octanol–water partition coefficient (Wildman–Crippen LogP) is 3.55. The van der Waals surface area contributed by atoms with E-state index >= 15 is 0 Å². The number of ether oxygens (including phenoxy) is 1. The summed E-state index contributed by atoms with van der Waals surface area (Å²) in [6.07, 6.45) is -4.42. The minimum absolute atomic E-state index is 0.0437. The van der Waals surface area contributed by atoms with E-state index in [2.05, 4.69) is 15.4 Å². The minimum Gasteiger partial charge on any atom is -0.406 e. The first-order valence-electron chi connectivity index (χ1n) is 8.34. The smallest absolute Gasteiger partial charge is 0.406 e. The zero-order valence-corrected chi connectivity index (χ0v) is 15.1. The van der Waals surface area contributed by atoms with Crippen LogP contribution < -0.4 is 15.4 Å². The lowest BCUT2D eigenvalue weighted by atomic mass is 10.1. The van der Waals surface area contributed by atoms with E-state index in [1.807, 2.05) is 43.3 Å². The standard InChI is InChI=1S/C19H22F3N3O2/c1-25(2)12-11-23-18(26)13-14-3-5-15(6-4-14)24-16-7-9-17(10-8-16)27-19(20,21)22/h3-10,24H,11-13H2,1-2H3,(H,23,26). The van der Waals surface area contributed by atoms with Crippen LogP contribution in [0, 0.1) is 0 Å². The van der Waals surface area contributed by atoms with Crippen LogP contribution in [0.2, 0.25) is 0 Å². The molecule has 2 rings (SSSR count). The maximum atomic E-state index is 12.2. The molecule has 0 unspecified atom stereocenters. The molecule has 0 aromatic heterocycles. The highest BCUT2D eigenvalue weighted by molar-refractivity contribution is 5.78. The Morgan fingerprint density at radius 3 is 2.07 bits per heavy atom. The van der Waals surface area contributed by atoms with Gasteiger partial charge in [0.2, 0.25) is 5.91 Å². The molecule has 27 heavy (non-hydrogen) atoms. The summed E-state index contributed by atoms with van der Waals surface area (Å²) in [5.74, 6) is -0.318. The van der Waals surface area contributed by atoms with E-state index < -0.39 is 6.36 Å².